The Morgan fingerprint density at radius 2 is 0.491 bits per heavy atom. The highest BCUT2D eigenvalue weighted by Crippen LogP contribution is 2.42. The molecule has 55 heavy (non-hydrogen) atoms. The second-order valence-corrected chi connectivity index (χ2v) is 7.47. The van der Waals surface area contributed by atoms with E-state index < -0.39 is 0 Å². The Labute approximate surface area is 348 Å². The molecule has 5 aromatic rings. The summed E-state index contributed by atoms with van der Waals surface area (Å²) in [6.45, 7) is 48.0. The molecule has 0 unspecified atom stereocenters. The van der Waals surface area contributed by atoms with Crippen LogP contribution in [0.3, 0.4) is 0 Å². The van der Waals surface area contributed by atoms with Crippen molar-refractivity contribution in [2.45, 2.75) is 166 Å². The van der Waals surface area contributed by atoms with Crippen LogP contribution in [0.2, 0.25) is 0 Å². The first-order valence-electron chi connectivity index (χ1n) is 22.6. The van der Waals surface area contributed by atoms with Gasteiger partial charge in [0, 0.05) is 16.9 Å². The van der Waals surface area contributed by atoms with E-state index in [1.807, 2.05) is 166 Å². The summed E-state index contributed by atoms with van der Waals surface area (Å²) < 4.78 is 0. The van der Waals surface area contributed by atoms with E-state index in [1.165, 1.54) is 22.3 Å². The molecule has 0 aliphatic rings. The van der Waals surface area contributed by atoms with Gasteiger partial charge in [-0.3, -0.25) is 0 Å². The molecule has 316 valence electrons. The van der Waals surface area contributed by atoms with Gasteiger partial charge in [-0.15, -0.1) is 0 Å². The summed E-state index contributed by atoms with van der Waals surface area (Å²) in [7, 11) is 0. The fourth-order valence-corrected chi connectivity index (χ4v) is 3.97. The van der Waals surface area contributed by atoms with Crippen molar-refractivity contribution in [3.63, 3.8) is 0 Å². The van der Waals surface area contributed by atoms with E-state index in [-0.39, 0.29) is 0 Å². The Hall–Kier alpha value is -4.10. The van der Waals surface area contributed by atoms with E-state index in [0.29, 0.717) is 0 Å². The Balaban J connectivity index is -0.000000132. The van der Waals surface area contributed by atoms with Gasteiger partial charge in [0.05, 0.1) is 5.69 Å². The summed E-state index contributed by atoms with van der Waals surface area (Å²) in [5.74, 6) is 0. The van der Waals surface area contributed by atoms with Crippen molar-refractivity contribution in [3.8, 4) is 22.3 Å². The van der Waals surface area contributed by atoms with Crippen LogP contribution in [-0.2, 0) is 0 Å². The van der Waals surface area contributed by atoms with E-state index in [2.05, 4.69) is 144 Å². The van der Waals surface area contributed by atoms with Crippen molar-refractivity contribution in [2.24, 2.45) is 0 Å². The molecule has 0 aromatic heterocycles. The van der Waals surface area contributed by atoms with Crippen LogP contribution in [0.1, 0.15) is 166 Å². The molecule has 0 saturated carbocycles. The summed E-state index contributed by atoms with van der Waals surface area (Å²) in [5.41, 5.74) is 8.27. The van der Waals surface area contributed by atoms with E-state index in [9.17, 15) is 0 Å². The number of hydrogen-bond acceptors (Lipinski definition) is 1. The number of benzene rings is 5. The molecule has 1 nitrogen and oxygen atoms in total. The second-order valence-electron chi connectivity index (χ2n) is 7.47. The van der Waals surface area contributed by atoms with Crippen molar-refractivity contribution in [2.75, 3.05) is 4.90 Å². The lowest BCUT2D eigenvalue weighted by atomic mass is 9.96. The predicted molar refractivity (Wildman–Crippen MR) is 268 cm³/mol. The third kappa shape index (κ3) is 30.9. The standard InChI is InChI=1S/C30H23N.12C2H6/c1-5-13-24(14-6-1)26-21-22-30(29(23-26)25-15-7-2-8-16-25)31(27-17-9-3-10-18-27)28-19-11-4-12-20-28;12*1-2/h1-23H;12*1-2H3. The Kier molecular flexibility index (Phi) is 81.2. The monoisotopic (exact) mass is 758 g/mol. The van der Waals surface area contributed by atoms with Crippen LogP contribution >= 0.6 is 0 Å². The maximum Gasteiger partial charge on any atom is 0.0540 e. The maximum absolute atomic E-state index is 2.33. The van der Waals surface area contributed by atoms with Crippen molar-refractivity contribution in [1.82, 2.24) is 0 Å². The molecule has 0 aliphatic carbocycles. The van der Waals surface area contributed by atoms with Gasteiger partial charge in [0.1, 0.15) is 0 Å². The van der Waals surface area contributed by atoms with Gasteiger partial charge in [0.2, 0.25) is 0 Å². The molecule has 0 heterocycles. The van der Waals surface area contributed by atoms with Crippen molar-refractivity contribution in [3.05, 3.63) is 140 Å². The van der Waals surface area contributed by atoms with Crippen LogP contribution in [0.5, 0.6) is 0 Å². The normalized spacial score (nSPS) is 7.27. The van der Waals surface area contributed by atoms with Gasteiger partial charge in [-0.25, -0.2) is 0 Å². The first-order chi connectivity index (χ1) is 27.4. The number of para-hydroxylation sites is 2. The number of nitrogens with zero attached hydrogens (tertiary/aromatic N) is 1. The highest BCUT2D eigenvalue weighted by Gasteiger charge is 2.17. The van der Waals surface area contributed by atoms with E-state index in [4.69, 9.17) is 0 Å². The lowest BCUT2D eigenvalue weighted by Crippen LogP contribution is -2.11. The van der Waals surface area contributed by atoms with Gasteiger partial charge in [0.15, 0.2) is 0 Å². The molecule has 0 saturated heterocycles. The second kappa shape index (κ2) is 64.8. The van der Waals surface area contributed by atoms with Gasteiger partial charge in [0.25, 0.3) is 0 Å². The number of rotatable bonds is 5. The Morgan fingerprint density at radius 1 is 0.236 bits per heavy atom. The highest BCUT2D eigenvalue weighted by atomic mass is 15.1. The SMILES string of the molecule is CC.CC.CC.CC.CC.CC.CC.CC.CC.CC.CC.CC.c1ccc(-c2ccc(N(c3ccccc3)c3ccccc3)c(-c3ccccc3)c2)cc1. The molecule has 0 atom stereocenters. The number of hydrogen-bond donors (Lipinski definition) is 0. The van der Waals surface area contributed by atoms with Crippen LogP contribution in [0.25, 0.3) is 22.3 Å². The van der Waals surface area contributed by atoms with Crippen LogP contribution in [-0.4, -0.2) is 0 Å². The third-order valence-electron chi connectivity index (χ3n) is 5.46. The summed E-state index contributed by atoms with van der Waals surface area (Å²) in [6.07, 6.45) is 0. The minimum Gasteiger partial charge on any atom is -0.310 e. The van der Waals surface area contributed by atoms with Gasteiger partial charge >= 0.3 is 0 Å². The molecule has 1 heteroatoms. The fraction of sp³-hybridized carbons (Fsp3) is 0.444. The predicted octanol–water partition coefficient (Wildman–Crippen LogP) is 20.8. The zero-order valence-corrected chi connectivity index (χ0v) is 41.2. The first kappa shape index (κ1) is 68.9. The molecule has 0 aliphatic heterocycles. The lowest BCUT2D eigenvalue weighted by molar-refractivity contribution is 1.28. The fourth-order valence-electron chi connectivity index (χ4n) is 3.97. The molecule has 0 bridgehead atoms. The Bertz CT molecular complexity index is 1210. The molecule has 0 radical (unpaired) electrons. The van der Waals surface area contributed by atoms with Gasteiger partial charge in [-0.1, -0.05) is 269 Å². The van der Waals surface area contributed by atoms with Gasteiger partial charge < -0.3 is 4.90 Å². The molecule has 5 rings (SSSR count). The molecule has 0 N–H and O–H groups in total. The van der Waals surface area contributed by atoms with E-state index in [0.717, 1.165) is 17.1 Å². The minimum atomic E-state index is 1.14. The summed E-state index contributed by atoms with van der Waals surface area (Å²) in [5, 5.41) is 0. The van der Waals surface area contributed by atoms with Crippen LogP contribution in [0.15, 0.2) is 140 Å². The first-order valence-corrected chi connectivity index (χ1v) is 22.6. The quantitative estimate of drug-likeness (QED) is 0.173. The Morgan fingerprint density at radius 3 is 0.782 bits per heavy atom. The van der Waals surface area contributed by atoms with Crippen LogP contribution < -0.4 is 4.90 Å². The van der Waals surface area contributed by atoms with E-state index >= 15 is 0 Å². The van der Waals surface area contributed by atoms with Gasteiger partial charge in [-0.05, 0) is 53.1 Å². The zero-order chi connectivity index (χ0) is 44.9. The smallest absolute Gasteiger partial charge is 0.0540 e. The molecule has 5 aromatic carbocycles. The van der Waals surface area contributed by atoms with Crippen molar-refractivity contribution >= 4 is 17.1 Å². The largest absolute Gasteiger partial charge is 0.310 e. The van der Waals surface area contributed by atoms with E-state index in [1.54, 1.807) is 0 Å². The average molecular weight is 758 g/mol. The highest BCUT2D eigenvalue weighted by molar-refractivity contribution is 5.90. The molecule has 0 amide bonds. The lowest BCUT2D eigenvalue weighted by Gasteiger charge is -2.28. The van der Waals surface area contributed by atoms with Crippen LogP contribution in [0.4, 0.5) is 17.1 Å². The summed E-state index contributed by atoms with van der Waals surface area (Å²) in [6, 6.07) is 49.1. The van der Waals surface area contributed by atoms with Crippen LogP contribution in [0, 0.1) is 0 Å². The maximum atomic E-state index is 2.33. The van der Waals surface area contributed by atoms with Crippen molar-refractivity contribution in [1.29, 1.82) is 0 Å². The molecule has 0 fully saturated rings. The summed E-state index contributed by atoms with van der Waals surface area (Å²) >= 11 is 0. The van der Waals surface area contributed by atoms with Crippen molar-refractivity contribution < 1.29 is 0 Å². The third-order valence-corrected chi connectivity index (χ3v) is 5.46. The average Bonchev–Trinajstić information content (AvgIpc) is 3.35. The van der Waals surface area contributed by atoms with Gasteiger partial charge in [-0.2, -0.15) is 0 Å². The topological polar surface area (TPSA) is 3.24 Å². The number of anilines is 3. The molecular weight excluding hydrogens is 663 g/mol. The molecule has 0 spiro atoms. The molecular formula is C54H95N. The minimum absolute atomic E-state index is 1.14. The zero-order valence-electron chi connectivity index (χ0n) is 41.2. The summed E-state index contributed by atoms with van der Waals surface area (Å²) in [4.78, 5) is 2.33.